The van der Waals surface area contributed by atoms with Crippen molar-refractivity contribution in [1.82, 2.24) is 0 Å². The summed E-state index contributed by atoms with van der Waals surface area (Å²) in [7, 11) is 0. The molecule has 1 aliphatic rings. The summed E-state index contributed by atoms with van der Waals surface area (Å²) in [5.74, 6) is -0.437. The third kappa shape index (κ3) is 3.60. The van der Waals surface area contributed by atoms with Crippen molar-refractivity contribution in [3.63, 3.8) is 0 Å². The number of carbonyl (C=O) groups is 1. The Labute approximate surface area is 124 Å². The van der Waals surface area contributed by atoms with Gasteiger partial charge in [-0.1, -0.05) is 30.3 Å². The molecule has 114 valence electrons. The number of hydrogen-bond donors (Lipinski definition) is 0. The van der Waals surface area contributed by atoms with E-state index < -0.39 is 23.0 Å². The van der Waals surface area contributed by atoms with Crippen molar-refractivity contribution in [2.24, 2.45) is 5.41 Å². The average Bonchev–Trinajstić information content (AvgIpc) is 3.16. The van der Waals surface area contributed by atoms with Gasteiger partial charge in [0.2, 0.25) is 6.04 Å². The van der Waals surface area contributed by atoms with Crippen LogP contribution >= 0.6 is 0 Å². The van der Waals surface area contributed by atoms with E-state index in [9.17, 15) is 14.9 Å². The Morgan fingerprint density at radius 2 is 1.90 bits per heavy atom. The van der Waals surface area contributed by atoms with Crippen molar-refractivity contribution in [3.8, 4) is 0 Å². The van der Waals surface area contributed by atoms with E-state index in [0.717, 1.165) is 5.56 Å². The van der Waals surface area contributed by atoms with Crippen LogP contribution in [0.1, 0.15) is 39.2 Å². The van der Waals surface area contributed by atoms with Crippen molar-refractivity contribution >= 4 is 5.97 Å². The van der Waals surface area contributed by atoms with Crippen LogP contribution in [0.4, 0.5) is 0 Å². The molecular weight excluding hydrogens is 270 g/mol. The first-order valence-corrected chi connectivity index (χ1v) is 7.15. The topological polar surface area (TPSA) is 69.4 Å². The second-order valence-electron chi connectivity index (χ2n) is 6.65. The number of esters is 1. The Bertz CT molecular complexity index is 529. The van der Waals surface area contributed by atoms with Gasteiger partial charge in [-0.15, -0.1) is 0 Å². The van der Waals surface area contributed by atoms with Crippen molar-refractivity contribution < 1.29 is 14.5 Å². The molecule has 0 bridgehead atoms. The number of carbonyl (C=O) groups excluding carboxylic acids is 1. The molecule has 1 fully saturated rings. The number of ether oxygens (including phenoxy) is 1. The third-order valence-electron chi connectivity index (χ3n) is 3.76. The maximum atomic E-state index is 12.4. The first-order valence-electron chi connectivity index (χ1n) is 7.15. The highest BCUT2D eigenvalue weighted by atomic mass is 16.6. The largest absolute Gasteiger partial charge is 0.459 e. The molecule has 0 radical (unpaired) electrons. The molecule has 5 nitrogen and oxygen atoms in total. The zero-order chi connectivity index (χ0) is 15.7. The van der Waals surface area contributed by atoms with Crippen LogP contribution in [-0.4, -0.2) is 22.5 Å². The van der Waals surface area contributed by atoms with Gasteiger partial charge < -0.3 is 4.74 Å². The van der Waals surface area contributed by atoms with E-state index in [1.165, 1.54) is 0 Å². The molecule has 0 N–H and O–H groups in total. The number of rotatable bonds is 5. The molecule has 1 aliphatic carbocycles. The summed E-state index contributed by atoms with van der Waals surface area (Å²) in [6, 6.07) is 8.34. The summed E-state index contributed by atoms with van der Waals surface area (Å²) >= 11 is 0. The third-order valence-corrected chi connectivity index (χ3v) is 3.76. The van der Waals surface area contributed by atoms with Gasteiger partial charge in [0, 0.05) is 11.3 Å². The van der Waals surface area contributed by atoms with Crippen LogP contribution in [0.5, 0.6) is 0 Å². The SMILES string of the molecule is CC(C)(C)OC(=O)C1(C(Cc2ccccc2)[N+](=O)[O-])CC1. The molecule has 1 aromatic carbocycles. The van der Waals surface area contributed by atoms with Crippen molar-refractivity contribution in [1.29, 1.82) is 0 Å². The predicted molar refractivity (Wildman–Crippen MR) is 78.4 cm³/mol. The Balaban J connectivity index is 2.18. The molecule has 1 atom stereocenters. The molecular formula is C16H21NO4. The maximum absolute atomic E-state index is 12.4. The van der Waals surface area contributed by atoms with Gasteiger partial charge in [-0.2, -0.15) is 0 Å². The lowest BCUT2D eigenvalue weighted by Gasteiger charge is -2.25. The van der Waals surface area contributed by atoms with Gasteiger partial charge in [0.1, 0.15) is 11.0 Å². The monoisotopic (exact) mass is 291 g/mol. The van der Waals surface area contributed by atoms with Crippen LogP contribution in [0.25, 0.3) is 0 Å². The van der Waals surface area contributed by atoms with Gasteiger partial charge in [0.15, 0.2) is 0 Å². The van der Waals surface area contributed by atoms with Gasteiger partial charge in [0.05, 0.1) is 0 Å². The normalized spacial score (nSPS) is 17.9. The van der Waals surface area contributed by atoms with E-state index in [1.54, 1.807) is 20.8 Å². The van der Waals surface area contributed by atoms with E-state index >= 15 is 0 Å². The Kier molecular flexibility index (Phi) is 4.03. The molecule has 0 aliphatic heterocycles. The fraction of sp³-hybridized carbons (Fsp3) is 0.562. The molecule has 1 saturated carbocycles. The van der Waals surface area contributed by atoms with Gasteiger partial charge in [-0.3, -0.25) is 14.9 Å². The van der Waals surface area contributed by atoms with E-state index in [-0.39, 0.29) is 11.3 Å². The first kappa shape index (κ1) is 15.5. The molecule has 1 unspecified atom stereocenters. The Morgan fingerprint density at radius 1 is 1.33 bits per heavy atom. The lowest BCUT2D eigenvalue weighted by molar-refractivity contribution is -0.532. The molecule has 0 spiro atoms. The summed E-state index contributed by atoms with van der Waals surface area (Å²) < 4.78 is 5.39. The zero-order valence-corrected chi connectivity index (χ0v) is 12.7. The van der Waals surface area contributed by atoms with Crippen LogP contribution in [0.3, 0.4) is 0 Å². The number of nitro groups is 1. The van der Waals surface area contributed by atoms with Crippen molar-refractivity contribution in [2.45, 2.75) is 51.7 Å². The van der Waals surface area contributed by atoms with Crippen molar-refractivity contribution in [3.05, 3.63) is 46.0 Å². The molecule has 0 aromatic heterocycles. The Morgan fingerprint density at radius 3 is 2.33 bits per heavy atom. The Hall–Kier alpha value is -1.91. The molecule has 21 heavy (non-hydrogen) atoms. The zero-order valence-electron chi connectivity index (χ0n) is 12.7. The number of benzene rings is 1. The van der Waals surface area contributed by atoms with Gasteiger partial charge in [-0.05, 0) is 39.2 Å². The molecule has 0 heterocycles. The smallest absolute Gasteiger partial charge is 0.319 e. The standard InChI is InChI=1S/C16H21NO4/c1-15(2,3)21-14(18)16(9-10-16)13(17(19)20)11-12-7-5-4-6-8-12/h4-8,13H,9-11H2,1-3H3. The lowest BCUT2D eigenvalue weighted by Crippen LogP contribution is -2.41. The van der Waals surface area contributed by atoms with Crippen molar-refractivity contribution in [2.75, 3.05) is 0 Å². The van der Waals surface area contributed by atoms with Crippen LogP contribution in [0, 0.1) is 15.5 Å². The minimum absolute atomic E-state index is 0.257. The molecule has 5 heteroatoms. The van der Waals surface area contributed by atoms with Crippen LogP contribution in [0.2, 0.25) is 0 Å². The fourth-order valence-corrected chi connectivity index (χ4v) is 2.50. The van der Waals surface area contributed by atoms with Gasteiger partial charge in [-0.25, -0.2) is 0 Å². The minimum Gasteiger partial charge on any atom is -0.459 e. The number of hydrogen-bond acceptors (Lipinski definition) is 4. The fourth-order valence-electron chi connectivity index (χ4n) is 2.50. The summed E-state index contributed by atoms with van der Waals surface area (Å²) in [5.41, 5.74) is -0.707. The summed E-state index contributed by atoms with van der Waals surface area (Å²) in [6.45, 7) is 5.33. The summed E-state index contributed by atoms with van der Waals surface area (Å²) in [4.78, 5) is 23.5. The molecule has 2 rings (SSSR count). The first-order chi connectivity index (χ1) is 9.74. The summed E-state index contributed by atoms with van der Waals surface area (Å²) in [6.07, 6.45) is 1.31. The van der Waals surface area contributed by atoms with E-state index in [4.69, 9.17) is 4.74 Å². The molecule has 0 saturated heterocycles. The lowest BCUT2D eigenvalue weighted by atomic mass is 9.91. The predicted octanol–water partition coefficient (Wildman–Crippen LogP) is 3.00. The van der Waals surface area contributed by atoms with Crippen LogP contribution < -0.4 is 0 Å². The van der Waals surface area contributed by atoms with E-state index in [1.807, 2.05) is 30.3 Å². The minimum atomic E-state index is -0.952. The van der Waals surface area contributed by atoms with Gasteiger partial charge >= 0.3 is 5.97 Å². The molecule has 1 aromatic rings. The highest BCUT2D eigenvalue weighted by molar-refractivity contribution is 5.81. The maximum Gasteiger partial charge on any atom is 0.319 e. The second-order valence-corrected chi connectivity index (χ2v) is 6.65. The highest BCUT2D eigenvalue weighted by Crippen LogP contribution is 2.52. The average molecular weight is 291 g/mol. The number of nitrogens with zero attached hydrogens (tertiary/aromatic N) is 1. The second kappa shape index (κ2) is 5.47. The highest BCUT2D eigenvalue weighted by Gasteiger charge is 2.63. The summed E-state index contributed by atoms with van der Waals surface area (Å²) in [5, 5.41) is 11.5. The quantitative estimate of drug-likeness (QED) is 0.475. The molecule has 0 amide bonds. The van der Waals surface area contributed by atoms with E-state index in [2.05, 4.69) is 0 Å². The van der Waals surface area contributed by atoms with Gasteiger partial charge in [0.25, 0.3) is 0 Å². The van der Waals surface area contributed by atoms with E-state index in [0.29, 0.717) is 12.8 Å². The van der Waals surface area contributed by atoms with Crippen LogP contribution in [0.15, 0.2) is 30.3 Å². The van der Waals surface area contributed by atoms with Crippen LogP contribution in [-0.2, 0) is 16.0 Å².